The zero-order valence-electron chi connectivity index (χ0n) is 25.4. The molecule has 0 saturated carbocycles. The van der Waals surface area contributed by atoms with Gasteiger partial charge in [-0.05, 0) is 104 Å². The van der Waals surface area contributed by atoms with Crippen LogP contribution >= 0.6 is 0 Å². The molecular weight excluding hydrogens is 685 g/mol. The van der Waals surface area contributed by atoms with Gasteiger partial charge in [0.25, 0.3) is 0 Å². The van der Waals surface area contributed by atoms with E-state index in [4.69, 9.17) is 0 Å². The number of rotatable bonds is 2. The molecule has 0 unspecified atom stereocenters. The van der Waals surface area contributed by atoms with Crippen molar-refractivity contribution in [1.82, 2.24) is 0 Å². The molecular formula is C40H18F4O4S2. The molecule has 242 valence electrons. The molecule has 4 nitrogen and oxygen atoms in total. The normalized spacial score (nSPS) is 17.2. The summed E-state index contributed by atoms with van der Waals surface area (Å²) in [5.74, 6) is -3.34. The number of benzene rings is 6. The molecule has 6 aromatic rings. The van der Waals surface area contributed by atoms with Gasteiger partial charge in [-0.25, -0.2) is 34.4 Å². The van der Waals surface area contributed by atoms with Crippen LogP contribution in [0.25, 0.3) is 42.9 Å². The maximum Gasteiger partial charge on any atom is 0.208 e. The van der Waals surface area contributed by atoms with Crippen LogP contribution in [-0.4, -0.2) is 16.8 Å². The highest BCUT2D eigenvalue weighted by Gasteiger charge is 2.44. The summed E-state index contributed by atoms with van der Waals surface area (Å²) in [6.07, 6.45) is 0. The molecule has 10 heteroatoms. The summed E-state index contributed by atoms with van der Waals surface area (Å²) in [6.45, 7) is 0. The summed E-state index contributed by atoms with van der Waals surface area (Å²) >= 11 is 0. The third-order valence-corrected chi connectivity index (χ3v) is 13.6. The predicted molar refractivity (Wildman–Crippen MR) is 182 cm³/mol. The Kier molecular flexibility index (Phi) is 5.61. The average Bonchev–Trinajstić information content (AvgIpc) is 3.72. The van der Waals surface area contributed by atoms with Crippen LogP contribution < -0.4 is 10.4 Å². The molecule has 0 bridgehead atoms. The van der Waals surface area contributed by atoms with Crippen molar-refractivity contribution in [1.29, 1.82) is 0 Å². The third-order valence-electron chi connectivity index (χ3n) is 9.83. The van der Waals surface area contributed by atoms with Crippen molar-refractivity contribution in [3.63, 3.8) is 0 Å². The fourth-order valence-corrected chi connectivity index (χ4v) is 11.8. The molecule has 6 aromatic carbocycles. The molecule has 0 aromatic heterocycles. The van der Waals surface area contributed by atoms with Crippen molar-refractivity contribution in [2.24, 2.45) is 0 Å². The molecule has 0 N–H and O–H groups in total. The predicted octanol–water partition coefficient (Wildman–Crippen LogP) is 7.13. The minimum Gasteiger partial charge on any atom is -0.218 e. The van der Waals surface area contributed by atoms with Crippen molar-refractivity contribution >= 4 is 62.5 Å². The lowest BCUT2D eigenvalue weighted by atomic mass is 9.93. The van der Waals surface area contributed by atoms with E-state index in [2.05, 4.69) is 0 Å². The molecule has 0 spiro atoms. The Labute approximate surface area is 282 Å². The van der Waals surface area contributed by atoms with Crippen molar-refractivity contribution in [2.75, 3.05) is 0 Å². The highest BCUT2D eigenvalue weighted by atomic mass is 32.2. The van der Waals surface area contributed by atoms with Crippen LogP contribution in [0.3, 0.4) is 0 Å². The molecule has 0 atom stereocenters. The summed E-state index contributed by atoms with van der Waals surface area (Å²) < 4.78 is 115. The van der Waals surface area contributed by atoms with Crippen LogP contribution in [-0.2, 0) is 19.7 Å². The summed E-state index contributed by atoms with van der Waals surface area (Å²) in [7, 11) is -8.13. The Hall–Kier alpha value is -5.58. The maximum absolute atomic E-state index is 14.7. The van der Waals surface area contributed by atoms with Gasteiger partial charge in [-0.3, -0.25) is 0 Å². The highest BCUT2D eigenvalue weighted by molar-refractivity contribution is 8.01. The van der Waals surface area contributed by atoms with Crippen LogP contribution in [0.1, 0.15) is 33.4 Å². The molecule has 2 aliphatic carbocycles. The Morgan fingerprint density at radius 2 is 0.740 bits per heavy atom. The van der Waals surface area contributed by atoms with E-state index in [1.807, 2.05) is 0 Å². The number of hydrogen-bond acceptors (Lipinski definition) is 4. The van der Waals surface area contributed by atoms with E-state index in [0.29, 0.717) is 65.8 Å². The van der Waals surface area contributed by atoms with E-state index >= 15 is 0 Å². The van der Waals surface area contributed by atoms with Crippen LogP contribution in [0, 0.1) is 23.3 Å². The quantitative estimate of drug-likeness (QED) is 0.180. The Morgan fingerprint density at radius 1 is 0.380 bits per heavy atom. The first-order valence-electron chi connectivity index (χ1n) is 15.4. The summed E-state index contributed by atoms with van der Waals surface area (Å²) in [6, 6.07) is 25.7. The zero-order chi connectivity index (χ0) is 34.4. The topological polar surface area (TPSA) is 68.3 Å². The van der Waals surface area contributed by atoms with Gasteiger partial charge in [0.05, 0.1) is 19.6 Å². The third kappa shape index (κ3) is 3.69. The van der Waals surface area contributed by atoms with Gasteiger partial charge in [-0.2, -0.15) is 0 Å². The monoisotopic (exact) mass is 702 g/mol. The first-order chi connectivity index (χ1) is 23.9. The smallest absolute Gasteiger partial charge is 0.208 e. The number of allylic oxidation sites excluding steroid dienone is 2. The summed E-state index contributed by atoms with van der Waals surface area (Å²) in [5, 5.41) is 1.86. The van der Waals surface area contributed by atoms with Crippen LogP contribution in [0.15, 0.2) is 119 Å². The van der Waals surface area contributed by atoms with E-state index < -0.39 is 42.9 Å². The van der Waals surface area contributed by atoms with Crippen LogP contribution in [0.2, 0.25) is 0 Å². The molecule has 0 amide bonds. The Morgan fingerprint density at radius 3 is 1.12 bits per heavy atom. The number of halogens is 4. The van der Waals surface area contributed by atoms with E-state index in [0.717, 1.165) is 36.4 Å². The number of sulfone groups is 2. The fourth-order valence-electron chi connectivity index (χ4n) is 8.01. The first kappa shape index (κ1) is 29.3. The fraction of sp³-hybridized carbons (Fsp3) is 0. The first-order valence-corrected chi connectivity index (χ1v) is 18.4. The van der Waals surface area contributed by atoms with Crippen LogP contribution in [0.4, 0.5) is 17.6 Å². The van der Waals surface area contributed by atoms with Crippen LogP contribution in [0.5, 0.6) is 0 Å². The second kappa shape index (κ2) is 9.56. The van der Waals surface area contributed by atoms with Gasteiger partial charge in [-0.1, -0.05) is 36.4 Å². The Bertz CT molecular complexity index is 2850. The van der Waals surface area contributed by atoms with Gasteiger partial charge in [0, 0.05) is 45.5 Å². The van der Waals surface area contributed by atoms with Crippen molar-refractivity contribution < 1.29 is 34.4 Å². The van der Waals surface area contributed by atoms with E-state index in [9.17, 15) is 34.4 Å². The Balaban J connectivity index is 1.35. The highest BCUT2D eigenvalue weighted by Crippen LogP contribution is 2.54. The molecule has 50 heavy (non-hydrogen) atoms. The second-order valence-electron chi connectivity index (χ2n) is 12.6. The largest absolute Gasteiger partial charge is 0.218 e. The van der Waals surface area contributed by atoms with E-state index in [1.165, 1.54) is 12.1 Å². The van der Waals surface area contributed by atoms with Gasteiger partial charge in [-0.15, -0.1) is 0 Å². The van der Waals surface area contributed by atoms with Gasteiger partial charge >= 0.3 is 0 Å². The summed E-state index contributed by atoms with van der Waals surface area (Å²) in [5.41, 5.74) is 3.02. The molecule has 2 heterocycles. The van der Waals surface area contributed by atoms with Gasteiger partial charge in [0.1, 0.15) is 23.3 Å². The molecule has 0 radical (unpaired) electrons. The van der Waals surface area contributed by atoms with Gasteiger partial charge < -0.3 is 0 Å². The molecule has 2 aliphatic heterocycles. The van der Waals surface area contributed by atoms with E-state index in [-0.39, 0.29) is 30.7 Å². The van der Waals surface area contributed by atoms with Gasteiger partial charge in [0.15, 0.2) is 0 Å². The van der Waals surface area contributed by atoms with Gasteiger partial charge in [0.2, 0.25) is 19.7 Å². The maximum atomic E-state index is 14.7. The second-order valence-corrected chi connectivity index (χ2v) is 16.3. The minimum atomic E-state index is -4.07. The standard InChI is InChI=1S/C40H18F4O4S2/c41-23-9-21(10-24(42)17-23)35-29-13-19-16-32-30(14-20(19)15-31(29)39-37(35)27-5-1-3-7-33(27)49(39,45)46)36(22-11-25(43)18-26(44)12-22)38-28-6-2-4-8-34(28)50(47,48)40(32)38/h1-18H. The van der Waals surface area contributed by atoms with Crippen molar-refractivity contribution in [3.8, 4) is 0 Å². The number of fused-ring (bicyclic) bond motifs is 9. The number of hydrogen-bond donors (Lipinski definition) is 0. The zero-order valence-corrected chi connectivity index (χ0v) is 27.0. The molecule has 4 aliphatic rings. The van der Waals surface area contributed by atoms with E-state index in [1.54, 1.807) is 60.7 Å². The molecule has 0 saturated heterocycles. The summed E-state index contributed by atoms with van der Waals surface area (Å²) in [4.78, 5) is 0.160. The SMILES string of the molecule is O=S1(=O)C2=C(C(c3cc(F)cc(F)c3)=c3cc4cc5c(cc4cc32)=C(c2cc(F)cc(F)c2)C2=C5S(=O)(=O)c3ccccc32)c2ccccc21. The molecule has 10 rings (SSSR count). The minimum absolute atomic E-state index is 0.00398. The lowest BCUT2D eigenvalue weighted by Gasteiger charge is -2.12. The average molecular weight is 703 g/mol. The van der Waals surface area contributed by atoms with Crippen molar-refractivity contribution in [2.45, 2.75) is 9.79 Å². The van der Waals surface area contributed by atoms with Crippen molar-refractivity contribution in [3.05, 3.63) is 176 Å². The lowest BCUT2D eigenvalue weighted by molar-refractivity contribution is 0.582. The molecule has 0 fully saturated rings. The lowest BCUT2D eigenvalue weighted by Crippen LogP contribution is -2.15.